The van der Waals surface area contributed by atoms with E-state index in [0.29, 0.717) is 25.4 Å². The van der Waals surface area contributed by atoms with Crippen LogP contribution in [0.25, 0.3) is 0 Å². The SMILES string of the molecule is CC(C)CC1C(=O)NCCN1C(=O)CCS(C)(=O)=O. The molecule has 6 nitrogen and oxygen atoms in total. The van der Waals surface area contributed by atoms with E-state index in [1.54, 1.807) is 0 Å². The van der Waals surface area contributed by atoms with E-state index < -0.39 is 15.9 Å². The number of piperazine rings is 1. The summed E-state index contributed by atoms with van der Waals surface area (Å²) < 4.78 is 22.2. The number of nitrogens with zero attached hydrogens (tertiary/aromatic N) is 1. The van der Waals surface area contributed by atoms with Crippen molar-refractivity contribution in [3.63, 3.8) is 0 Å². The van der Waals surface area contributed by atoms with Gasteiger partial charge in [-0.1, -0.05) is 13.8 Å². The topological polar surface area (TPSA) is 83.6 Å². The van der Waals surface area contributed by atoms with Gasteiger partial charge in [0, 0.05) is 25.8 Å². The lowest BCUT2D eigenvalue weighted by atomic mass is 10.00. The van der Waals surface area contributed by atoms with Crippen LogP contribution in [-0.2, 0) is 19.4 Å². The maximum absolute atomic E-state index is 12.1. The largest absolute Gasteiger partial charge is 0.353 e. The molecule has 1 atom stereocenters. The normalized spacial score (nSPS) is 20.5. The Labute approximate surface area is 114 Å². The molecule has 1 fully saturated rings. The highest BCUT2D eigenvalue weighted by molar-refractivity contribution is 7.90. The lowest BCUT2D eigenvalue weighted by molar-refractivity contribution is -0.143. The Morgan fingerprint density at radius 2 is 2.11 bits per heavy atom. The van der Waals surface area contributed by atoms with E-state index in [0.717, 1.165) is 6.26 Å². The van der Waals surface area contributed by atoms with Crippen molar-refractivity contribution in [2.75, 3.05) is 25.1 Å². The Morgan fingerprint density at radius 3 is 2.63 bits per heavy atom. The van der Waals surface area contributed by atoms with Gasteiger partial charge in [0.2, 0.25) is 11.8 Å². The van der Waals surface area contributed by atoms with Gasteiger partial charge in [-0.2, -0.15) is 0 Å². The number of nitrogens with one attached hydrogen (secondary N) is 1. The van der Waals surface area contributed by atoms with Crippen molar-refractivity contribution in [3.05, 3.63) is 0 Å². The van der Waals surface area contributed by atoms with Crippen LogP contribution in [0.1, 0.15) is 26.7 Å². The van der Waals surface area contributed by atoms with Gasteiger partial charge in [-0.15, -0.1) is 0 Å². The third-order valence-electron chi connectivity index (χ3n) is 3.03. The zero-order chi connectivity index (χ0) is 14.6. The summed E-state index contributed by atoms with van der Waals surface area (Å²) in [5.41, 5.74) is 0. The van der Waals surface area contributed by atoms with Gasteiger partial charge in [0.1, 0.15) is 15.9 Å². The second kappa shape index (κ2) is 6.36. The van der Waals surface area contributed by atoms with Crippen molar-refractivity contribution < 1.29 is 18.0 Å². The maximum atomic E-state index is 12.1. The van der Waals surface area contributed by atoms with E-state index in [-0.39, 0.29) is 24.0 Å². The Bertz CT molecular complexity index is 445. The fourth-order valence-corrected chi connectivity index (χ4v) is 2.66. The predicted octanol–water partition coefficient (Wildman–Crippen LogP) is -0.206. The molecule has 0 aromatic heterocycles. The quantitative estimate of drug-likeness (QED) is 0.759. The molecule has 0 bridgehead atoms. The monoisotopic (exact) mass is 290 g/mol. The highest BCUT2D eigenvalue weighted by atomic mass is 32.2. The van der Waals surface area contributed by atoms with Crippen molar-refractivity contribution >= 4 is 21.7 Å². The van der Waals surface area contributed by atoms with E-state index in [1.165, 1.54) is 4.90 Å². The molecule has 19 heavy (non-hydrogen) atoms. The van der Waals surface area contributed by atoms with E-state index in [1.807, 2.05) is 13.8 Å². The first kappa shape index (κ1) is 15.9. The summed E-state index contributed by atoms with van der Waals surface area (Å²) in [6.07, 6.45) is 1.64. The average molecular weight is 290 g/mol. The first-order valence-corrected chi connectivity index (χ1v) is 8.51. The Morgan fingerprint density at radius 1 is 1.47 bits per heavy atom. The van der Waals surface area contributed by atoms with E-state index in [9.17, 15) is 18.0 Å². The van der Waals surface area contributed by atoms with Gasteiger partial charge in [0.05, 0.1) is 5.75 Å². The average Bonchev–Trinajstić information content (AvgIpc) is 2.27. The van der Waals surface area contributed by atoms with Crippen LogP contribution >= 0.6 is 0 Å². The Hall–Kier alpha value is -1.11. The minimum Gasteiger partial charge on any atom is -0.353 e. The van der Waals surface area contributed by atoms with Crippen molar-refractivity contribution in [2.24, 2.45) is 5.92 Å². The molecule has 0 spiro atoms. The zero-order valence-corrected chi connectivity index (χ0v) is 12.5. The van der Waals surface area contributed by atoms with Gasteiger partial charge < -0.3 is 10.2 Å². The molecule has 1 aliphatic heterocycles. The van der Waals surface area contributed by atoms with Crippen LogP contribution in [0.3, 0.4) is 0 Å². The fourth-order valence-electron chi connectivity index (χ4n) is 2.11. The van der Waals surface area contributed by atoms with E-state index in [2.05, 4.69) is 5.32 Å². The summed E-state index contributed by atoms with van der Waals surface area (Å²) >= 11 is 0. The molecule has 0 aromatic carbocycles. The summed E-state index contributed by atoms with van der Waals surface area (Å²) in [5, 5.41) is 2.74. The number of sulfone groups is 1. The van der Waals surface area contributed by atoms with Crippen molar-refractivity contribution in [3.8, 4) is 0 Å². The first-order valence-electron chi connectivity index (χ1n) is 6.45. The predicted molar refractivity (Wildman–Crippen MR) is 72.3 cm³/mol. The number of hydrogen-bond acceptors (Lipinski definition) is 4. The summed E-state index contributed by atoms with van der Waals surface area (Å²) in [5.74, 6) is -0.282. The number of amides is 2. The van der Waals surface area contributed by atoms with Crippen LogP contribution in [0.2, 0.25) is 0 Å². The van der Waals surface area contributed by atoms with Crippen molar-refractivity contribution in [1.82, 2.24) is 10.2 Å². The summed E-state index contributed by atoms with van der Waals surface area (Å²) in [6.45, 7) is 4.85. The number of rotatable bonds is 5. The van der Waals surface area contributed by atoms with Crippen LogP contribution in [0.5, 0.6) is 0 Å². The fraction of sp³-hybridized carbons (Fsp3) is 0.833. The van der Waals surface area contributed by atoms with Crippen LogP contribution in [-0.4, -0.2) is 56.3 Å². The summed E-state index contributed by atoms with van der Waals surface area (Å²) in [6, 6.07) is -0.471. The third-order valence-corrected chi connectivity index (χ3v) is 3.98. The second-order valence-corrected chi connectivity index (χ2v) is 7.66. The number of carbonyl (C=O) groups excluding carboxylic acids is 2. The molecule has 1 N–H and O–H groups in total. The number of carbonyl (C=O) groups is 2. The van der Waals surface area contributed by atoms with Gasteiger partial charge in [-0.05, 0) is 12.3 Å². The minimum absolute atomic E-state index is 0.0549. The smallest absolute Gasteiger partial charge is 0.242 e. The lowest BCUT2D eigenvalue weighted by Crippen LogP contribution is -2.57. The van der Waals surface area contributed by atoms with Crippen LogP contribution in [0.15, 0.2) is 0 Å². The van der Waals surface area contributed by atoms with Gasteiger partial charge in [-0.25, -0.2) is 8.42 Å². The highest BCUT2D eigenvalue weighted by Gasteiger charge is 2.33. The molecular weight excluding hydrogens is 268 g/mol. The van der Waals surface area contributed by atoms with Gasteiger partial charge in [0.25, 0.3) is 0 Å². The van der Waals surface area contributed by atoms with Crippen LogP contribution in [0.4, 0.5) is 0 Å². The third kappa shape index (κ3) is 5.18. The Balaban J connectivity index is 2.71. The zero-order valence-electron chi connectivity index (χ0n) is 11.7. The number of hydrogen-bond donors (Lipinski definition) is 1. The molecule has 1 aliphatic rings. The highest BCUT2D eigenvalue weighted by Crippen LogP contribution is 2.15. The molecular formula is C12H22N2O4S. The molecule has 0 aliphatic carbocycles. The van der Waals surface area contributed by atoms with Crippen LogP contribution < -0.4 is 5.32 Å². The molecule has 0 saturated carbocycles. The maximum Gasteiger partial charge on any atom is 0.242 e. The van der Waals surface area contributed by atoms with Crippen LogP contribution in [0, 0.1) is 5.92 Å². The molecule has 2 amide bonds. The van der Waals surface area contributed by atoms with Gasteiger partial charge in [-0.3, -0.25) is 9.59 Å². The molecule has 110 valence electrons. The summed E-state index contributed by atoms with van der Waals surface area (Å²) in [7, 11) is -3.16. The van der Waals surface area contributed by atoms with E-state index in [4.69, 9.17) is 0 Å². The molecule has 1 rings (SSSR count). The molecule has 0 aromatic rings. The second-order valence-electron chi connectivity index (χ2n) is 5.40. The molecule has 1 heterocycles. The molecule has 1 saturated heterocycles. The molecule has 7 heteroatoms. The van der Waals surface area contributed by atoms with Gasteiger partial charge >= 0.3 is 0 Å². The standard InChI is InChI=1S/C12H22N2O4S/c1-9(2)8-10-12(16)13-5-6-14(10)11(15)4-7-19(3,17)18/h9-10H,4-8H2,1-3H3,(H,13,16). The van der Waals surface area contributed by atoms with Crippen molar-refractivity contribution in [2.45, 2.75) is 32.7 Å². The summed E-state index contributed by atoms with van der Waals surface area (Å²) in [4.78, 5) is 25.4. The van der Waals surface area contributed by atoms with Gasteiger partial charge in [0.15, 0.2) is 0 Å². The molecule has 0 radical (unpaired) electrons. The van der Waals surface area contributed by atoms with E-state index >= 15 is 0 Å². The van der Waals surface area contributed by atoms with Crippen molar-refractivity contribution in [1.29, 1.82) is 0 Å². The Kier molecular flexibility index (Phi) is 5.34. The first-order chi connectivity index (χ1) is 8.70. The minimum atomic E-state index is -3.16. The molecule has 1 unspecified atom stereocenters. The lowest BCUT2D eigenvalue weighted by Gasteiger charge is -2.36.